The molecular weight excluding hydrogens is 380 g/mol. The molecule has 0 saturated heterocycles. The summed E-state index contributed by atoms with van der Waals surface area (Å²) in [6, 6.07) is 11.7. The molecule has 2 aromatic carbocycles. The van der Waals surface area contributed by atoms with E-state index in [-0.39, 0.29) is 21.2 Å². The SMILES string of the molecule is O=C(O)c1ccc(SC(=N/O)/C(=N\O)Sc2ccc(C(=O)O)cc2)cc1. The van der Waals surface area contributed by atoms with Gasteiger partial charge in [0.15, 0.2) is 10.1 Å². The predicted molar refractivity (Wildman–Crippen MR) is 97.0 cm³/mol. The molecule has 0 unspecified atom stereocenters. The molecule has 0 aliphatic carbocycles. The van der Waals surface area contributed by atoms with Crippen molar-refractivity contribution in [1.82, 2.24) is 0 Å². The Labute approximate surface area is 155 Å². The van der Waals surface area contributed by atoms with Crippen molar-refractivity contribution < 1.29 is 30.2 Å². The summed E-state index contributed by atoms with van der Waals surface area (Å²) in [5, 5.41) is 42.4. The van der Waals surface area contributed by atoms with E-state index in [2.05, 4.69) is 10.3 Å². The summed E-state index contributed by atoms with van der Waals surface area (Å²) in [5.74, 6) is -2.12. The number of rotatable bonds is 4. The van der Waals surface area contributed by atoms with Crippen LogP contribution in [0.5, 0.6) is 0 Å². The van der Waals surface area contributed by atoms with Gasteiger partial charge in [0.2, 0.25) is 0 Å². The van der Waals surface area contributed by atoms with E-state index >= 15 is 0 Å². The van der Waals surface area contributed by atoms with Crippen LogP contribution in [0.15, 0.2) is 68.6 Å². The lowest BCUT2D eigenvalue weighted by molar-refractivity contribution is 0.0686. The minimum absolute atomic E-state index is 0.0112. The Balaban J connectivity index is 2.13. The van der Waals surface area contributed by atoms with E-state index in [1.54, 1.807) is 0 Å². The van der Waals surface area contributed by atoms with Crippen molar-refractivity contribution in [3.63, 3.8) is 0 Å². The highest BCUT2D eigenvalue weighted by Crippen LogP contribution is 2.28. The quantitative estimate of drug-likeness (QED) is 0.204. The van der Waals surface area contributed by atoms with Crippen LogP contribution < -0.4 is 0 Å². The molecule has 2 rings (SSSR count). The lowest BCUT2D eigenvalue weighted by atomic mass is 10.2. The predicted octanol–water partition coefficient (Wildman–Crippen LogP) is 3.54. The largest absolute Gasteiger partial charge is 0.478 e. The molecule has 10 heteroatoms. The third-order valence-corrected chi connectivity index (χ3v) is 5.08. The minimum Gasteiger partial charge on any atom is -0.478 e. The van der Waals surface area contributed by atoms with E-state index in [9.17, 15) is 20.0 Å². The highest BCUT2D eigenvalue weighted by Gasteiger charge is 2.16. The van der Waals surface area contributed by atoms with Gasteiger partial charge in [0, 0.05) is 9.79 Å². The fraction of sp³-hybridized carbons (Fsp3) is 0. The van der Waals surface area contributed by atoms with Crippen LogP contribution in [0.3, 0.4) is 0 Å². The first-order valence-electron chi connectivity index (χ1n) is 6.91. The molecular formula is C16H12N2O6S2. The number of hydrogen-bond donors (Lipinski definition) is 4. The molecule has 4 N–H and O–H groups in total. The third-order valence-electron chi connectivity index (χ3n) is 3.00. The van der Waals surface area contributed by atoms with E-state index in [0.29, 0.717) is 9.79 Å². The van der Waals surface area contributed by atoms with Crippen LogP contribution in [-0.2, 0) is 0 Å². The van der Waals surface area contributed by atoms with Crippen LogP contribution in [-0.4, -0.2) is 42.7 Å². The number of carbonyl (C=O) groups is 2. The second-order valence-corrected chi connectivity index (χ2v) is 6.80. The molecule has 0 heterocycles. The van der Waals surface area contributed by atoms with Gasteiger partial charge in [-0.25, -0.2) is 9.59 Å². The monoisotopic (exact) mass is 392 g/mol. The van der Waals surface area contributed by atoms with E-state index in [0.717, 1.165) is 23.5 Å². The summed E-state index contributed by atoms with van der Waals surface area (Å²) in [4.78, 5) is 22.9. The van der Waals surface area contributed by atoms with Crippen LogP contribution in [0.2, 0.25) is 0 Å². The van der Waals surface area contributed by atoms with E-state index in [1.165, 1.54) is 48.5 Å². The molecule has 0 aliphatic heterocycles. The molecule has 134 valence electrons. The molecule has 0 aliphatic rings. The van der Waals surface area contributed by atoms with Crippen LogP contribution in [0.1, 0.15) is 20.7 Å². The highest BCUT2D eigenvalue weighted by molar-refractivity contribution is 8.25. The lowest BCUT2D eigenvalue weighted by Crippen LogP contribution is -2.07. The van der Waals surface area contributed by atoms with Gasteiger partial charge in [0.05, 0.1) is 11.1 Å². The van der Waals surface area contributed by atoms with Crippen LogP contribution in [0.25, 0.3) is 0 Å². The van der Waals surface area contributed by atoms with Crippen molar-refractivity contribution in [3.8, 4) is 0 Å². The Kier molecular flexibility index (Phi) is 6.64. The molecule has 0 aromatic heterocycles. The number of nitrogens with zero attached hydrogens (tertiary/aromatic N) is 2. The Morgan fingerprint density at radius 2 is 0.962 bits per heavy atom. The average Bonchev–Trinajstić information content (AvgIpc) is 2.65. The Morgan fingerprint density at radius 1 is 0.654 bits per heavy atom. The number of oxime groups is 2. The zero-order chi connectivity index (χ0) is 19.1. The van der Waals surface area contributed by atoms with Gasteiger partial charge in [0.25, 0.3) is 0 Å². The molecule has 0 atom stereocenters. The summed E-state index contributed by atoms with van der Waals surface area (Å²) in [6.45, 7) is 0. The molecule has 0 spiro atoms. The van der Waals surface area contributed by atoms with Crippen molar-refractivity contribution >= 4 is 45.5 Å². The van der Waals surface area contributed by atoms with Crippen LogP contribution in [0, 0.1) is 0 Å². The maximum atomic E-state index is 10.9. The van der Waals surface area contributed by atoms with Crippen LogP contribution >= 0.6 is 23.5 Å². The van der Waals surface area contributed by atoms with Gasteiger partial charge < -0.3 is 20.6 Å². The zero-order valence-electron chi connectivity index (χ0n) is 12.9. The number of benzene rings is 2. The first-order chi connectivity index (χ1) is 12.4. The number of hydrogen-bond acceptors (Lipinski definition) is 8. The van der Waals surface area contributed by atoms with Gasteiger partial charge in [-0.1, -0.05) is 33.8 Å². The highest BCUT2D eigenvalue weighted by atomic mass is 32.2. The van der Waals surface area contributed by atoms with Crippen molar-refractivity contribution in [1.29, 1.82) is 0 Å². The second kappa shape index (κ2) is 8.92. The molecule has 0 bridgehead atoms. The topological polar surface area (TPSA) is 140 Å². The number of carboxylic acid groups (broad SMARTS) is 2. The molecule has 0 fully saturated rings. The summed E-state index contributed by atoms with van der Waals surface area (Å²) >= 11 is 1.94. The standard InChI is InChI=1S/C16H12N2O6S2/c19-15(20)9-1-5-11(6-2-9)25-13(17-23)14(18-24)26-12-7-3-10(4-8-12)16(21)22/h1-8,23-24H,(H,19,20)(H,21,22)/b17-13+,18-14+. The van der Waals surface area contributed by atoms with Gasteiger partial charge in [-0.3, -0.25) is 0 Å². The summed E-state index contributed by atoms with van der Waals surface area (Å²) < 4.78 is 0. The van der Waals surface area contributed by atoms with Crippen LogP contribution in [0.4, 0.5) is 0 Å². The number of carboxylic acids is 2. The lowest BCUT2D eigenvalue weighted by Gasteiger charge is -2.07. The van der Waals surface area contributed by atoms with E-state index in [1.807, 2.05) is 0 Å². The summed E-state index contributed by atoms with van der Waals surface area (Å²) in [7, 11) is 0. The van der Waals surface area contributed by atoms with Crippen molar-refractivity contribution in [2.45, 2.75) is 9.79 Å². The molecule has 8 nitrogen and oxygen atoms in total. The normalized spacial score (nSPS) is 12.0. The number of thioether (sulfide) groups is 2. The first kappa shape index (κ1) is 19.3. The van der Waals surface area contributed by atoms with Gasteiger partial charge >= 0.3 is 11.9 Å². The molecule has 26 heavy (non-hydrogen) atoms. The van der Waals surface area contributed by atoms with E-state index in [4.69, 9.17) is 10.2 Å². The third kappa shape index (κ3) is 5.01. The van der Waals surface area contributed by atoms with Crippen molar-refractivity contribution in [2.75, 3.05) is 0 Å². The number of aromatic carboxylic acids is 2. The summed E-state index contributed by atoms with van der Waals surface area (Å²) in [6.07, 6.45) is 0. The molecule has 2 aromatic rings. The second-order valence-electron chi connectivity index (χ2n) is 4.67. The average molecular weight is 392 g/mol. The maximum absolute atomic E-state index is 10.9. The fourth-order valence-electron chi connectivity index (χ4n) is 1.77. The van der Waals surface area contributed by atoms with Gasteiger partial charge in [-0.05, 0) is 48.5 Å². The Hall–Kier alpha value is -2.98. The van der Waals surface area contributed by atoms with E-state index < -0.39 is 11.9 Å². The smallest absolute Gasteiger partial charge is 0.335 e. The fourth-order valence-corrected chi connectivity index (χ4v) is 3.35. The Morgan fingerprint density at radius 3 is 1.19 bits per heavy atom. The Bertz CT molecular complexity index is 790. The van der Waals surface area contributed by atoms with Gasteiger partial charge in [-0.2, -0.15) is 0 Å². The van der Waals surface area contributed by atoms with Crippen molar-refractivity contribution in [2.24, 2.45) is 10.3 Å². The minimum atomic E-state index is -1.06. The zero-order valence-corrected chi connectivity index (χ0v) is 14.6. The van der Waals surface area contributed by atoms with Crippen molar-refractivity contribution in [3.05, 3.63) is 59.7 Å². The van der Waals surface area contributed by atoms with Gasteiger partial charge in [-0.15, -0.1) is 0 Å². The maximum Gasteiger partial charge on any atom is 0.335 e. The first-order valence-corrected chi connectivity index (χ1v) is 8.54. The van der Waals surface area contributed by atoms with Gasteiger partial charge in [0.1, 0.15) is 0 Å². The summed E-state index contributed by atoms with van der Waals surface area (Å²) in [5.41, 5.74) is 0.224. The molecule has 0 radical (unpaired) electrons. The molecule has 0 amide bonds. The molecule has 0 saturated carbocycles.